The van der Waals surface area contributed by atoms with Gasteiger partial charge in [-0.3, -0.25) is 4.79 Å². The molecule has 0 saturated carbocycles. The fourth-order valence-electron chi connectivity index (χ4n) is 2.66. The minimum atomic E-state index is -0.116. The van der Waals surface area contributed by atoms with E-state index in [2.05, 4.69) is 41.4 Å². The number of nitrogens with zero attached hydrogens (tertiary/aromatic N) is 2. The van der Waals surface area contributed by atoms with E-state index in [0.717, 1.165) is 30.2 Å². The molecule has 0 bridgehead atoms. The highest BCUT2D eigenvalue weighted by molar-refractivity contribution is 5.99. The molecule has 1 aromatic heterocycles. The Morgan fingerprint density at radius 1 is 1.13 bits per heavy atom. The summed E-state index contributed by atoms with van der Waals surface area (Å²) >= 11 is 0. The smallest absolute Gasteiger partial charge is 0.254 e. The number of ether oxygens (including phenoxy) is 1. The molecule has 23 heavy (non-hydrogen) atoms. The van der Waals surface area contributed by atoms with Gasteiger partial charge in [-0.1, -0.05) is 29.8 Å². The Hall–Kier alpha value is -2.40. The lowest BCUT2D eigenvalue weighted by Gasteiger charge is -2.29. The van der Waals surface area contributed by atoms with Crippen LogP contribution in [0.2, 0.25) is 0 Å². The van der Waals surface area contributed by atoms with Crippen molar-refractivity contribution in [2.24, 2.45) is 0 Å². The third-order valence-electron chi connectivity index (χ3n) is 4.00. The first-order valence-electron chi connectivity index (χ1n) is 7.82. The number of hydrogen-bond donors (Lipinski definition) is 1. The first kappa shape index (κ1) is 15.5. The van der Waals surface area contributed by atoms with Crippen LogP contribution in [0.15, 0.2) is 36.4 Å². The van der Waals surface area contributed by atoms with Gasteiger partial charge in [0.15, 0.2) is 0 Å². The van der Waals surface area contributed by atoms with Crippen LogP contribution in [0, 0.1) is 6.92 Å². The summed E-state index contributed by atoms with van der Waals surface area (Å²) in [5, 5.41) is 2.69. The quantitative estimate of drug-likeness (QED) is 0.944. The van der Waals surface area contributed by atoms with Crippen LogP contribution in [0.25, 0.3) is 11.3 Å². The van der Waals surface area contributed by atoms with Gasteiger partial charge in [0.2, 0.25) is 0 Å². The van der Waals surface area contributed by atoms with Crippen molar-refractivity contribution in [2.45, 2.75) is 6.92 Å². The minimum absolute atomic E-state index is 0.116. The number of hydrogen-bond acceptors (Lipinski definition) is 4. The molecule has 1 saturated heterocycles. The van der Waals surface area contributed by atoms with Crippen molar-refractivity contribution in [3.8, 4) is 11.3 Å². The van der Waals surface area contributed by atoms with Gasteiger partial charge in [0, 0.05) is 25.7 Å². The van der Waals surface area contributed by atoms with Crippen LogP contribution in [0.1, 0.15) is 15.9 Å². The van der Waals surface area contributed by atoms with Crippen molar-refractivity contribution in [1.29, 1.82) is 0 Å². The number of carbonyl (C=O) groups is 1. The van der Waals surface area contributed by atoms with Crippen molar-refractivity contribution in [3.05, 3.63) is 47.5 Å². The Morgan fingerprint density at radius 2 is 1.83 bits per heavy atom. The number of aryl methyl sites for hydroxylation is 1. The molecule has 1 aliphatic heterocycles. The second-order valence-electron chi connectivity index (χ2n) is 5.61. The van der Waals surface area contributed by atoms with E-state index in [1.807, 2.05) is 12.1 Å². The van der Waals surface area contributed by atoms with Gasteiger partial charge in [-0.15, -0.1) is 0 Å². The maximum Gasteiger partial charge on any atom is 0.254 e. The van der Waals surface area contributed by atoms with E-state index in [1.54, 1.807) is 7.05 Å². The van der Waals surface area contributed by atoms with Crippen LogP contribution >= 0.6 is 0 Å². The SMILES string of the molecule is CNC(=O)c1ccc(-c2ccc(C)cc2)nc1N1CCOCC1. The number of anilines is 1. The molecule has 120 valence electrons. The summed E-state index contributed by atoms with van der Waals surface area (Å²) in [6.07, 6.45) is 0. The number of amides is 1. The van der Waals surface area contributed by atoms with Crippen LogP contribution in [-0.2, 0) is 4.74 Å². The Labute approximate surface area is 136 Å². The van der Waals surface area contributed by atoms with Crippen LogP contribution in [0.4, 0.5) is 5.82 Å². The van der Waals surface area contributed by atoms with E-state index >= 15 is 0 Å². The third kappa shape index (κ3) is 3.35. The molecule has 2 heterocycles. The van der Waals surface area contributed by atoms with Crippen molar-refractivity contribution in [2.75, 3.05) is 38.3 Å². The zero-order valence-corrected chi connectivity index (χ0v) is 13.5. The Balaban J connectivity index is 2.03. The molecular weight excluding hydrogens is 290 g/mol. The average molecular weight is 311 g/mol. The maximum atomic E-state index is 12.2. The fraction of sp³-hybridized carbons (Fsp3) is 0.333. The molecule has 1 aromatic carbocycles. The third-order valence-corrected chi connectivity index (χ3v) is 4.00. The van der Waals surface area contributed by atoms with Crippen molar-refractivity contribution < 1.29 is 9.53 Å². The number of aromatic nitrogens is 1. The molecule has 5 heteroatoms. The number of benzene rings is 1. The van der Waals surface area contributed by atoms with Crippen molar-refractivity contribution in [1.82, 2.24) is 10.3 Å². The van der Waals surface area contributed by atoms with Gasteiger partial charge in [0.25, 0.3) is 5.91 Å². The predicted molar refractivity (Wildman–Crippen MR) is 90.8 cm³/mol. The molecule has 2 aromatic rings. The normalized spacial score (nSPS) is 14.6. The van der Waals surface area contributed by atoms with Crippen molar-refractivity contribution >= 4 is 11.7 Å². The molecule has 1 amide bonds. The van der Waals surface area contributed by atoms with Gasteiger partial charge >= 0.3 is 0 Å². The highest BCUT2D eigenvalue weighted by Crippen LogP contribution is 2.25. The Kier molecular flexibility index (Phi) is 4.57. The van der Waals surface area contributed by atoms with Crippen LogP contribution in [0.3, 0.4) is 0 Å². The van der Waals surface area contributed by atoms with Crippen molar-refractivity contribution in [3.63, 3.8) is 0 Å². The van der Waals surface area contributed by atoms with Gasteiger partial charge in [0.1, 0.15) is 5.82 Å². The standard InChI is InChI=1S/C18H21N3O2/c1-13-3-5-14(6-4-13)16-8-7-15(18(22)19-2)17(20-16)21-9-11-23-12-10-21/h3-8H,9-12H2,1-2H3,(H,19,22). The van der Waals surface area contributed by atoms with Gasteiger partial charge in [-0.25, -0.2) is 4.98 Å². The maximum absolute atomic E-state index is 12.2. The van der Waals surface area contributed by atoms with E-state index in [1.165, 1.54) is 5.56 Å². The molecular formula is C18H21N3O2. The molecule has 0 spiro atoms. The summed E-state index contributed by atoms with van der Waals surface area (Å²) in [5.74, 6) is 0.611. The first-order valence-corrected chi connectivity index (χ1v) is 7.82. The van der Waals surface area contributed by atoms with Crippen LogP contribution in [0.5, 0.6) is 0 Å². The fourth-order valence-corrected chi connectivity index (χ4v) is 2.66. The number of rotatable bonds is 3. The molecule has 0 aliphatic carbocycles. The second kappa shape index (κ2) is 6.79. The first-order chi connectivity index (χ1) is 11.2. The monoisotopic (exact) mass is 311 g/mol. The number of morpholine rings is 1. The van der Waals surface area contributed by atoms with Gasteiger partial charge in [-0.05, 0) is 19.1 Å². The summed E-state index contributed by atoms with van der Waals surface area (Å²) in [6.45, 7) is 4.86. The molecule has 0 atom stereocenters. The zero-order chi connectivity index (χ0) is 16.2. The van der Waals surface area contributed by atoms with E-state index in [-0.39, 0.29) is 5.91 Å². The largest absolute Gasteiger partial charge is 0.378 e. The molecule has 5 nitrogen and oxygen atoms in total. The molecule has 1 N–H and O–H groups in total. The van der Waals surface area contributed by atoms with E-state index in [4.69, 9.17) is 9.72 Å². The summed E-state index contributed by atoms with van der Waals surface area (Å²) in [5.41, 5.74) is 3.74. The number of carbonyl (C=O) groups excluding carboxylic acids is 1. The number of nitrogens with one attached hydrogen (secondary N) is 1. The molecule has 1 fully saturated rings. The van der Waals surface area contributed by atoms with Gasteiger partial charge in [-0.2, -0.15) is 0 Å². The number of pyridine rings is 1. The topological polar surface area (TPSA) is 54.5 Å². The van der Waals surface area contributed by atoms with Crippen LogP contribution < -0.4 is 10.2 Å². The average Bonchev–Trinajstić information content (AvgIpc) is 2.62. The lowest BCUT2D eigenvalue weighted by molar-refractivity contribution is 0.0961. The molecule has 3 rings (SSSR count). The van der Waals surface area contributed by atoms with Gasteiger partial charge in [0.05, 0.1) is 24.5 Å². The highest BCUT2D eigenvalue weighted by Gasteiger charge is 2.20. The lowest BCUT2D eigenvalue weighted by Crippen LogP contribution is -2.38. The second-order valence-corrected chi connectivity index (χ2v) is 5.61. The Bertz CT molecular complexity index is 692. The summed E-state index contributed by atoms with van der Waals surface area (Å²) in [4.78, 5) is 19.1. The Morgan fingerprint density at radius 3 is 2.48 bits per heavy atom. The van der Waals surface area contributed by atoms with E-state index in [9.17, 15) is 4.79 Å². The van der Waals surface area contributed by atoms with E-state index in [0.29, 0.717) is 18.8 Å². The molecule has 0 radical (unpaired) electrons. The summed E-state index contributed by atoms with van der Waals surface area (Å²) in [6, 6.07) is 12.0. The highest BCUT2D eigenvalue weighted by atomic mass is 16.5. The molecule has 1 aliphatic rings. The summed E-state index contributed by atoms with van der Waals surface area (Å²) < 4.78 is 5.41. The predicted octanol–water partition coefficient (Wildman–Crippen LogP) is 2.25. The van der Waals surface area contributed by atoms with Gasteiger partial charge < -0.3 is 15.0 Å². The lowest BCUT2D eigenvalue weighted by atomic mass is 10.1. The molecule has 0 unspecified atom stereocenters. The van der Waals surface area contributed by atoms with E-state index < -0.39 is 0 Å². The van der Waals surface area contributed by atoms with Crippen LogP contribution in [-0.4, -0.2) is 44.2 Å². The summed E-state index contributed by atoms with van der Waals surface area (Å²) in [7, 11) is 1.64. The minimum Gasteiger partial charge on any atom is -0.378 e. The zero-order valence-electron chi connectivity index (χ0n) is 13.5.